The molecule has 4 rings (SSSR count). The molecule has 0 spiro atoms. The lowest BCUT2D eigenvalue weighted by molar-refractivity contribution is -0.141. The van der Waals surface area contributed by atoms with Crippen molar-refractivity contribution in [3.05, 3.63) is 18.3 Å². The first-order valence-corrected chi connectivity index (χ1v) is 11.7. The van der Waals surface area contributed by atoms with Crippen molar-refractivity contribution in [1.82, 2.24) is 19.1 Å². The zero-order chi connectivity index (χ0) is 20.4. The molecule has 4 heterocycles. The van der Waals surface area contributed by atoms with Gasteiger partial charge in [0, 0.05) is 65.2 Å². The van der Waals surface area contributed by atoms with Crippen LogP contribution in [0.1, 0.15) is 12.8 Å². The lowest BCUT2D eigenvalue weighted by Crippen LogP contribution is -2.51. The second-order valence-corrected chi connectivity index (χ2v) is 9.81. The van der Waals surface area contributed by atoms with Crippen LogP contribution < -0.4 is 4.90 Å². The molecule has 0 aromatic carbocycles. The molecule has 1 aromatic heterocycles. The Kier molecular flexibility index (Phi) is 6.05. The quantitative estimate of drug-likeness (QED) is 0.665. The Labute approximate surface area is 172 Å². The van der Waals surface area contributed by atoms with Gasteiger partial charge in [0.2, 0.25) is 10.0 Å². The minimum absolute atomic E-state index is 0.0868. The molecule has 3 aliphatic heterocycles. The highest BCUT2D eigenvalue weighted by atomic mass is 32.2. The van der Waals surface area contributed by atoms with E-state index in [2.05, 4.69) is 14.8 Å². The number of anilines is 1. The van der Waals surface area contributed by atoms with Gasteiger partial charge in [0.15, 0.2) is 0 Å². The van der Waals surface area contributed by atoms with Crippen molar-refractivity contribution >= 4 is 21.7 Å². The number of hydrogen-bond donors (Lipinski definition) is 0. The number of carbonyl (C=O) groups is 1. The molecule has 160 valence electrons. The van der Waals surface area contributed by atoms with Crippen molar-refractivity contribution in [2.24, 2.45) is 0 Å². The van der Waals surface area contributed by atoms with E-state index in [9.17, 15) is 13.2 Å². The zero-order valence-corrected chi connectivity index (χ0v) is 17.7. The van der Waals surface area contributed by atoms with E-state index in [1.807, 2.05) is 11.9 Å². The van der Waals surface area contributed by atoms with Gasteiger partial charge in [0.1, 0.15) is 16.8 Å². The van der Waals surface area contributed by atoms with E-state index in [0.29, 0.717) is 45.9 Å². The van der Waals surface area contributed by atoms with Crippen LogP contribution in [0.5, 0.6) is 0 Å². The van der Waals surface area contributed by atoms with Crippen molar-refractivity contribution in [1.29, 1.82) is 0 Å². The Hall–Kier alpha value is -1.75. The number of rotatable bonds is 4. The summed E-state index contributed by atoms with van der Waals surface area (Å²) >= 11 is 0. The third-order valence-corrected chi connectivity index (χ3v) is 7.82. The number of sulfonamides is 1. The molecule has 3 fully saturated rings. The predicted octanol–water partition coefficient (Wildman–Crippen LogP) is -0.155. The first kappa shape index (κ1) is 20.5. The maximum atomic E-state index is 12.8. The summed E-state index contributed by atoms with van der Waals surface area (Å²) in [6.07, 6.45) is 2.93. The highest BCUT2D eigenvalue weighted by Gasteiger charge is 2.31. The van der Waals surface area contributed by atoms with Gasteiger partial charge in [0.05, 0.1) is 0 Å². The Bertz CT molecular complexity index is 810. The third-order valence-electron chi connectivity index (χ3n) is 5.94. The van der Waals surface area contributed by atoms with Crippen molar-refractivity contribution in [2.75, 3.05) is 70.9 Å². The van der Waals surface area contributed by atoms with Crippen LogP contribution in [-0.2, 0) is 19.6 Å². The molecule has 10 heteroatoms. The minimum atomic E-state index is -3.50. The lowest BCUT2D eigenvalue weighted by atomic mass is 10.2. The number of amides is 1. The summed E-state index contributed by atoms with van der Waals surface area (Å²) in [5, 5.41) is 0. The fourth-order valence-electron chi connectivity index (χ4n) is 4.02. The molecule has 0 radical (unpaired) electrons. The summed E-state index contributed by atoms with van der Waals surface area (Å²) in [5.41, 5.74) is 0. The fourth-order valence-corrected chi connectivity index (χ4v) is 5.39. The lowest BCUT2D eigenvalue weighted by Gasteiger charge is -2.36. The minimum Gasteiger partial charge on any atom is -0.368 e. The number of aromatic nitrogens is 1. The molecule has 9 nitrogen and oxygen atoms in total. The van der Waals surface area contributed by atoms with Crippen LogP contribution >= 0.6 is 0 Å². The Morgan fingerprint density at radius 2 is 1.79 bits per heavy atom. The first-order valence-electron chi connectivity index (χ1n) is 10.3. The largest absolute Gasteiger partial charge is 0.368 e. The average Bonchev–Trinajstić information content (AvgIpc) is 3.29. The summed E-state index contributed by atoms with van der Waals surface area (Å²) < 4.78 is 32.7. The zero-order valence-electron chi connectivity index (χ0n) is 16.9. The number of piperazine rings is 2. The number of pyridine rings is 1. The highest BCUT2D eigenvalue weighted by molar-refractivity contribution is 7.89. The molecular weight excluding hydrogens is 394 g/mol. The van der Waals surface area contributed by atoms with E-state index in [1.165, 1.54) is 10.5 Å². The van der Waals surface area contributed by atoms with Crippen LogP contribution in [0.4, 0.5) is 5.82 Å². The summed E-state index contributed by atoms with van der Waals surface area (Å²) in [7, 11) is -1.51. The molecule has 1 aromatic rings. The van der Waals surface area contributed by atoms with Gasteiger partial charge in [-0.1, -0.05) is 0 Å². The van der Waals surface area contributed by atoms with Gasteiger partial charge in [-0.05, 0) is 32.0 Å². The maximum absolute atomic E-state index is 12.8. The molecular formula is C19H29N5O4S. The van der Waals surface area contributed by atoms with E-state index < -0.39 is 10.0 Å². The summed E-state index contributed by atoms with van der Waals surface area (Å²) in [6.45, 7) is 5.75. The van der Waals surface area contributed by atoms with E-state index in [1.54, 1.807) is 12.1 Å². The molecule has 0 saturated carbocycles. The number of hydrogen-bond acceptors (Lipinski definition) is 7. The van der Waals surface area contributed by atoms with E-state index in [4.69, 9.17) is 4.74 Å². The third kappa shape index (κ3) is 4.40. The van der Waals surface area contributed by atoms with Gasteiger partial charge in [0.25, 0.3) is 5.91 Å². The van der Waals surface area contributed by atoms with Gasteiger partial charge < -0.3 is 19.4 Å². The van der Waals surface area contributed by atoms with E-state index in [-0.39, 0.29) is 16.9 Å². The predicted molar refractivity (Wildman–Crippen MR) is 108 cm³/mol. The fraction of sp³-hybridized carbons (Fsp3) is 0.684. The van der Waals surface area contributed by atoms with Gasteiger partial charge in [-0.3, -0.25) is 4.79 Å². The summed E-state index contributed by atoms with van der Waals surface area (Å²) in [6, 6.07) is 3.40. The number of ether oxygens (including phenoxy) is 1. The topological polar surface area (TPSA) is 86.3 Å². The van der Waals surface area contributed by atoms with Crippen LogP contribution in [-0.4, -0.2) is 106 Å². The van der Waals surface area contributed by atoms with Crippen molar-refractivity contribution in [3.8, 4) is 0 Å². The first-order chi connectivity index (χ1) is 13.9. The van der Waals surface area contributed by atoms with Crippen molar-refractivity contribution < 1.29 is 17.9 Å². The van der Waals surface area contributed by atoms with E-state index >= 15 is 0 Å². The molecule has 1 unspecified atom stereocenters. The SMILES string of the molecule is CN1CCN(S(=O)(=O)c2ccc(N3CCN(C(=O)C4CCCO4)CC3)nc2)CC1. The van der Waals surface area contributed by atoms with Gasteiger partial charge in [-0.2, -0.15) is 4.31 Å². The molecule has 3 saturated heterocycles. The summed E-state index contributed by atoms with van der Waals surface area (Å²) in [4.78, 5) is 23.2. The van der Waals surface area contributed by atoms with Crippen molar-refractivity contribution in [2.45, 2.75) is 23.8 Å². The number of likely N-dealkylation sites (N-methyl/N-ethyl adjacent to an activating group) is 1. The average molecular weight is 424 g/mol. The van der Waals surface area contributed by atoms with Crippen LogP contribution in [0.3, 0.4) is 0 Å². The molecule has 1 atom stereocenters. The van der Waals surface area contributed by atoms with Crippen molar-refractivity contribution in [3.63, 3.8) is 0 Å². The normalized spacial score (nSPS) is 24.8. The molecule has 0 aliphatic carbocycles. The maximum Gasteiger partial charge on any atom is 0.251 e. The standard InChI is InChI=1S/C19H29N5O4S/c1-21-6-12-24(13-7-21)29(26,27)16-4-5-18(20-15-16)22-8-10-23(11-9-22)19(25)17-3-2-14-28-17/h4-5,15,17H,2-3,6-14H2,1H3. The van der Waals surface area contributed by atoms with Crippen LogP contribution in [0.15, 0.2) is 23.2 Å². The van der Waals surface area contributed by atoms with Crippen LogP contribution in [0.2, 0.25) is 0 Å². The van der Waals surface area contributed by atoms with Crippen LogP contribution in [0, 0.1) is 0 Å². The van der Waals surface area contributed by atoms with Crippen LogP contribution in [0.25, 0.3) is 0 Å². The Morgan fingerprint density at radius 3 is 2.38 bits per heavy atom. The van der Waals surface area contributed by atoms with E-state index in [0.717, 1.165) is 31.7 Å². The van der Waals surface area contributed by atoms with Gasteiger partial charge in [-0.15, -0.1) is 0 Å². The molecule has 0 bridgehead atoms. The molecule has 3 aliphatic rings. The molecule has 29 heavy (non-hydrogen) atoms. The highest BCUT2D eigenvalue weighted by Crippen LogP contribution is 2.21. The van der Waals surface area contributed by atoms with Gasteiger partial charge in [-0.25, -0.2) is 13.4 Å². The second-order valence-electron chi connectivity index (χ2n) is 7.87. The summed E-state index contributed by atoms with van der Waals surface area (Å²) in [5.74, 6) is 0.829. The smallest absolute Gasteiger partial charge is 0.251 e. The molecule has 1 amide bonds. The monoisotopic (exact) mass is 423 g/mol. The number of carbonyl (C=O) groups excluding carboxylic acids is 1. The van der Waals surface area contributed by atoms with Gasteiger partial charge >= 0.3 is 0 Å². The Morgan fingerprint density at radius 1 is 1.07 bits per heavy atom. The Balaban J connectivity index is 1.35. The molecule has 0 N–H and O–H groups in total. The second kappa shape index (κ2) is 8.55. The number of nitrogens with zero attached hydrogens (tertiary/aromatic N) is 5.